The molecule has 1 heterocycles. The number of nitrogens with one attached hydrogen (secondary N) is 1. The second kappa shape index (κ2) is 5.59. The summed E-state index contributed by atoms with van der Waals surface area (Å²) in [5.41, 5.74) is 1.52. The quantitative estimate of drug-likeness (QED) is 0.804. The number of imidazole rings is 1. The molecule has 0 spiro atoms. The van der Waals surface area contributed by atoms with Crippen molar-refractivity contribution >= 4 is 0 Å². The van der Waals surface area contributed by atoms with E-state index in [4.69, 9.17) is 0 Å². The zero-order valence-corrected chi connectivity index (χ0v) is 9.86. The lowest BCUT2D eigenvalue weighted by Gasteiger charge is -2.11. The van der Waals surface area contributed by atoms with Gasteiger partial charge in [-0.2, -0.15) is 0 Å². The van der Waals surface area contributed by atoms with Gasteiger partial charge in [0.15, 0.2) is 0 Å². The Morgan fingerprint density at radius 3 is 3.00 bits per heavy atom. The highest BCUT2D eigenvalue weighted by Crippen LogP contribution is 2.18. The SMILES string of the molecule is CCCNCc1cccc(F)c1-n1ccnc1. The van der Waals surface area contributed by atoms with E-state index in [0.29, 0.717) is 12.2 Å². The van der Waals surface area contributed by atoms with Gasteiger partial charge in [0.25, 0.3) is 0 Å². The number of hydrogen-bond acceptors (Lipinski definition) is 2. The van der Waals surface area contributed by atoms with Crippen molar-refractivity contribution in [3.05, 3.63) is 48.3 Å². The molecule has 0 fully saturated rings. The summed E-state index contributed by atoms with van der Waals surface area (Å²) in [4.78, 5) is 3.95. The van der Waals surface area contributed by atoms with Crippen LogP contribution in [0.15, 0.2) is 36.9 Å². The van der Waals surface area contributed by atoms with Gasteiger partial charge in [-0.3, -0.25) is 0 Å². The molecule has 0 aliphatic rings. The van der Waals surface area contributed by atoms with E-state index in [1.165, 1.54) is 6.07 Å². The van der Waals surface area contributed by atoms with Gasteiger partial charge in [0, 0.05) is 18.9 Å². The number of nitrogens with zero attached hydrogens (tertiary/aromatic N) is 2. The number of benzene rings is 1. The van der Waals surface area contributed by atoms with Crippen molar-refractivity contribution < 1.29 is 4.39 Å². The average Bonchev–Trinajstić information content (AvgIpc) is 2.83. The maximum Gasteiger partial charge on any atom is 0.147 e. The normalized spacial score (nSPS) is 10.7. The highest BCUT2D eigenvalue weighted by molar-refractivity contribution is 5.42. The molecule has 1 aromatic heterocycles. The van der Waals surface area contributed by atoms with Gasteiger partial charge < -0.3 is 9.88 Å². The molecule has 3 nitrogen and oxygen atoms in total. The van der Waals surface area contributed by atoms with Crippen molar-refractivity contribution in [1.82, 2.24) is 14.9 Å². The zero-order chi connectivity index (χ0) is 12.1. The lowest BCUT2D eigenvalue weighted by Crippen LogP contribution is -2.16. The molecule has 0 unspecified atom stereocenters. The maximum atomic E-state index is 13.8. The third-order valence-corrected chi connectivity index (χ3v) is 2.58. The van der Waals surface area contributed by atoms with Crippen LogP contribution in [0, 0.1) is 5.82 Å². The molecular weight excluding hydrogens is 217 g/mol. The number of para-hydroxylation sites is 1. The van der Waals surface area contributed by atoms with Gasteiger partial charge in [-0.25, -0.2) is 9.37 Å². The molecule has 90 valence electrons. The van der Waals surface area contributed by atoms with Crippen molar-refractivity contribution in [3.8, 4) is 5.69 Å². The minimum atomic E-state index is -0.223. The molecule has 2 aromatic rings. The Kier molecular flexibility index (Phi) is 3.88. The Morgan fingerprint density at radius 1 is 1.41 bits per heavy atom. The van der Waals surface area contributed by atoms with Gasteiger partial charge in [0.2, 0.25) is 0 Å². The van der Waals surface area contributed by atoms with E-state index >= 15 is 0 Å². The standard InChI is InChI=1S/C13H16FN3/c1-2-6-15-9-11-4-3-5-12(14)13(11)17-8-7-16-10-17/h3-5,7-8,10,15H,2,6,9H2,1H3. The lowest BCUT2D eigenvalue weighted by molar-refractivity contribution is 0.608. The molecule has 0 bridgehead atoms. The molecule has 0 aliphatic heterocycles. The summed E-state index contributed by atoms with van der Waals surface area (Å²) in [6.07, 6.45) is 6.08. The van der Waals surface area contributed by atoms with E-state index in [1.54, 1.807) is 29.4 Å². The fourth-order valence-corrected chi connectivity index (χ4v) is 1.78. The summed E-state index contributed by atoms with van der Waals surface area (Å²) < 4.78 is 15.6. The maximum absolute atomic E-state index is 13.8. The van der Waals surface area contributed by atoms with Crippen LogP contribution in [0.5, 0.6) is 0 Å². The molecular formula is C13H16FN3. The Labute approximate surface area is 100 Å². The molecule has 1 N–H and O–H groups in total. The summed E-state index contributed by atoms with van der Waals surface area (Å²) in [6, 6.07) is 5.14. The van der Waals surface area contributed by atoms with Gasteiger partial charge in [-0.05, 0) is 24.6 Å². The van der Waals surface area contributed by atoms with Crippen LogP contribution < -0.4 is 5.32 Å². The molecule has 0 amide bonds. The number of rotatable bonds is 5. The van der Waals surface area contributed by atoms with Crippen molar-refractivity contribution in [2.24, 2.45) is 0 Å². The van der Waals surface area contributed by atoms with E-state index in [1.807, 2.05) is 6.07 Å². The van der Waals surface area contributed by atoms with Crippen LogP contribution in [-0.2, 0) is 6.54 Å². The summed E-state index contributed by atoms with van der Waals surface area (Å²) in [5, 5.41) is 3.28. The van der Waals surface area contributed by atoms with Crippen LogP contribution >= 0.6 is 0 Å². The molecule has 0 atom stereocenters. The average molecular weight is 233 g/mol. The van der Waals surface area contributed by atoms with E-state index in [-0.39, 0.29) is 5.82 Å². The third-order valence-electron chi connectivity index (χ3n) is 2.58. The van der Waals surface area contributed by atoms with Gasteiger partial charge >= 0.3 is 0 Å². The first kappa shape index (κ1) is 11.8. The number of aromatic nitrogens is 2. The molecule has 4 heteroatoms. The van der Waals surface area contributed by atoms with Crippen LogP contribution in [0.2, 0.25) is 0 Å². The molecule has 0 radical (unpaired) electrons. The first-order valence-corrected chi connectivity index (χ1v) is 5.79. The summed E-state index contributed by atoms with van der Waals surface area (Å²) >= 11 is 0. The molecule has 1 aromatic carbocycles. The minimum Gasteiger partial charge on any atom is -0.313 e. The lowest BCUT2D eigenvalue weighted by atomic mass is 10.1. The van der Waals surface area contributed by atoms with E-state index in [9.17, 15) is 4.39 Å². The van der Waals surface area contributed by atoms with Crippen LogP contribution in [-0.4, -0.2) is 16.1 Å². The Bertz CT molecular complexity index is 466. The highest BCUT2D eigenvalue weighted by Gasteiger charge is 2.09. The highest BCUT2D eigenvalue weighted by atomic mass is 19.1. The zero-order valence-electron chi connectivity index (χ0n) is 9.86. The van der Waals surface area contributed by atoms with E-state index in [2.05, 4.69) is 17.2 Å². The molecule has 0 saturated heterocycles. The topological polar surface area (TPSA) is 29.9 Å². The van der Waals surface area contributed by atoms with Gasteiger partial charge in [0.05, 0.1) is 12.0 Å². The molecule has 0 aliphatic carbocycles. The summed E-state index contributed by atoms with van der Waals surface area (Å²) in [6.45, 7) is 3.70. The Balaban J connectivity index is 2.29. The fraction of sp³-hybridized carbons (Fsp3) is 0.308. The number of hydrogen-bond donors (Lipinski definition) is 1. The molecule has 0 saturated carbocycles. The van der Waals surface area contributed by atoms with E-state index < -0.39 is 0 Å². The predicted octanol–water partition coefficient (Wildman–Crippen LogP) is 2.51. The largest absolute Gasteiger partial charge is 0.313 e. The molecule has 2 rings (SSSR count). The van der Waals surface area contributed by atoms with Gasteiger partial charge in [0.1, 0.15) is 5.82 Å². The summed E-state index contributed by atoms with van der Waals surface area (Å²) in [5.74, 6) is -0.223. The van der Waals surface area contributed by atoms with Gasteiger partial charge in [-0.1, -0.05) is 19.1 Å². The van der Waals surface area contributed by atoms with Crippen molar-refractivity contribution in [2.75, 3.05) is 6.54 Å². The predicted molar refractivity (Wildman–Crippen MR) is 65.5 cm³/mol. The Hall–Kier alpha value is -1.68. The van der Waals surface area contributed by atoms with Crippen molar-refractivity contribution in [1.29, 1.82) is 0 Å². The van der Waals surface area contributed by atoms with Crippen LogP contribution in [0.4, 0.5) is 4.39 Å². The second-order valence-electron chi connectivity index (χ2n) is 3.89. The minimum absolute atomic E-state index is 0.223. The monoisotopic (exact) mass is 233 g/mol. The van der Waals surface area contributed by atoms with Crippen LogP contribution in [0.25, 0.3) is 5.69 Å². The number of halogens is 1. The van der Waals surface area contributed by atoms with Crippen LogP contribution in [0.3, 0.4) is 0 Å². The van der Waals surface area contributed by atoms with E-state index in [0.717, 1.165) is 18.5 Å². The molecule has 17 heavy (non-hydrogen) atoms. The summed E-state index contributed by atoms with van der Waals surface area (Å²) in [7, 11) is 0. The first-order valence-electron chi connectivity index (χ1n) is 5.79. The Morgan fingerprint density at radius 2 is 2.29 bits per heavy atom. The van der Waals surface area contributed by atoms with Crippen molar-refractivity contribution in [2.45, 2.75) is 19.9 Å². The third kappa shape index (κ3) is 2.71. The smallest absolute Gasteiger partial charge is 0.147 e. The van der Waals surface area contributed by atoms with Crippen LogP contribution in [0.1, 0.15) is 18.9 Å². The van der Waals surface area contributed by atoms with Gasteiger partial charge in [-0.15, -0.1) is 0 Å². The first-order chi connectivity index (χ1) is 8.33. The fourth-order valence-electron chi connectivity index (χ4n) is 1.78. The second-order valence-corrected chi connectivity index (χ2v) is 3.89. The van der Waals surface area contributed by atoms with Crippen molar-refractivity contribution in [3.63, 3.8) is 0 Å².